The van der Waals surface area contributed by atoms with Crippen LogP contribution in [-0.4, -0.2) is 35.9 Å². The van der Waals surface area contributed by atoms with E-state index < -0.39 is 11.7 Å². The summed E-state index contributed by atoms with van der Waals surface area (Å²) in [6, 6.07) is 0. The first-order valence-corrected chi connectivity index (χ1v) is 6.55. The second kappa shape index (κ2) is 6.36. The SMILES string of the molecule is CC(C)CCOC(C)C(=O)NCC1(O)CCC1. The summed E-state index contributed by atoms with van der Waals surface area (Å²) in [6.07, 6.45) is 3.15. The Hall–Kier alpha value is -0.610. The van der Waals surface area contributed by atoms with Gasteiger partial charge in [-0.1, -0.05) is 13.8 Å². The van der Waals surface area contributed by atoms with Crippen LogP contribution in [0.4, 0.5) is 0 Å². The highest BCUT2D eigenvalue weighted by Crippen LogP contribution is 2.30. The van der Waals surface area contributed by atoms with Crippen LogP contribution in [0.1, 0.15) is 46.5 Å². The highest BCUT2D eigenvalue weighted by atomic mass is 16.5. The minimum atomic E-state index is -0.659. The fraction of sp³-hybridized carbons (Fsp3) is 0.923. The molecule has 1 atom stereocenters. The summed E-state index contributed by atoms with van der Waals surface area (Å²) in [7, 11) is 0. The standard InChI is InChI=1S/C13H25NO3/c1-10(2)5-8-17-11(3)12(15)14-9-13(16)6-4-7-13/h10-11,16H,4-9H2,1-3H3,(H,14,15). The van der Waals surface area contributed by atoms with Crippen LogP contribution in [0.5, 0.6) is 0 Å². The Bertz CT molecular complexity index is 249. The topological polar surface area (TPSA) is 58.6 Å². The molecule has 0 aliphatic heterocycles. The first-order valence-electron chi connectivity index (χ1n) is 6.55. The van der Waals surface area contributed by atoms with Crippen molar-refractivity contribution in [1.29, 1.82) is 0 Å². The maximum absolute atomic E-state index is 11.7. The van der Waals surface area contributed by atoms with Gasteiger partial charge in [-0.2, -0.15) is 0 Å². The van der Waals surface area contributed by atoms with E-state index in [1.54, 1.807) is 6.92 Å². The van der Waals surface area contributed by atoms with Crippen LogP contribution < -0.4 is 5.32 Å². The van der Waals surface area contributed by atoms with Crippen LogP contribution >= 0.6 is 0 Å². The Labute approximate surface area is 104 Å². The van der Waals surface area contributed by atoms with E-state index in [1.165, 1.54) is 0 Å². The molecule has 1 aliphatic rings. The predicted molar refractivity (Wildman–Crippen MR) is 66.7 cm³/mol. The normalized spacial score (nSPS) is 19.8. The molecule has 0 aromatic rings. The minimum Gasteiger partial charge on any atom is -0.388 e. The summed E-state index contributed by atoms with van der Waals surface area (Å²) in [5.41, 5.74) is -0.659. The summed E-state index contributed by atoms with van der Waals surface area (Å²) in [4.78, 5) is 11.7. The zero-order valence-corrected chi connectivity index (χ0v) is 11.2. The van der Waals surface area contributed by atoms with Gasteiger partial charge >= 0.3 is 0 Å². The van der Waals surface area contributed by atoms with Gasteiger partial charge in [0.15, 0.2) is 0 Å². The van der Waals surface area contributed by atoms with Gasteiger partial charge in [0, 0.05) is 13.2 Å². The molecule has 4 heteroatoms. The molecule has 0 aromatic heterocycles. The van der Waals surface area contributed by atoms with Crippen LogP contribution in [-0.2, 0) is 9.53 Å². The van der Waals surface area contributed by atoms with Crippen molar-refractivity contribution in [2.45, 2.75) is 58.2 Å². The first-order chi connectivity index (χ1) is 7.93. The van der Waals surface area contributed by atoms with Crippen molar-refractivity contribution in [2.24, 2.45) is 5.92 Å². The third-order valence-electron chi connectivity index (χ3n) is 3.31. The molecule has 0 saturated heterocycles. The lowest BCUT2D eigenvalue weighted by Gasteiger charge is -2.36. The van der Waals surface area contributed by atoms with E-state index in [-0.39, 0.29) is 5.91 Å². The van der Waals surface area contributed by atoms with Gasteiger partial charge in [-0.3, -0.25) is 4.79 Å². The average Bonchev–Trinajstić information content (AvgIpc) is 2.22. The molecular formula is C13H25NO3. The molecule has 1 saturated carbocycles. The number of hydrogen-bond acceptors (Lipinski definition) is 3. The number of amides is 1. The summed E-state index contributed by atoms with van der Waals surface area (Å²) in [5, 5.41) is 12.6. The number of nitrogens with one attached hydrogen (secondary N) is 1. The number of carbonyl (C=O) groups is 1. The van der Waals surface area contributed by atoms with Gasteiger partial charge in [-0.15, -0.1) is 0 Å². The lowest BCUT2D eigenvalue weighted by molar-refractivity contribution is -0.134. The fourth-order valence-corrected chi connectivity index (χ4v) is 1.71. The third kappa shape index (κ3) is 5.04. The molecule has 0 bridgehead atoms. The van der Waals surface area contributed by atoms with Crippen LogP contribution in [0.2, 0.25) is 0 Å². The number of ether oxygens (including phenoxy) is 1. The molecule has 2 N–H and O–H groups in total. The molecule has 0 aromatic carbocycles. The van der Waals surface area contributed by atoms with Crippen molar-refractivity contribution in [3.05, 3.63) is 0 Å². The van der Waals surface area contributed by atoms with Crippen LogP contribution in [0.25, 0.3) is 0 Å². The van der Waals surface area contributed by atoms with Gasteiger partial charge in [0.1, 0.15) is 6.10 Å². The monoisotopic (exact) mass is 243 g/mol. The van der Waals surface area contributed by atoms with E-state index in [1.807, 2.05) is 0 Å². The van der Waals surface area contributed by atoms with Crippen LogP contribution in [0.3, 0.4) is 0 Å². The van der Waals surface area contributed by atoms with E-state index >= 15 is 0 Å². The lowest BCUT2D eigenvalue weighted by atomic mass is 9.80. The van der Waals surface area contributed by atoms with Crippen molar-refractivity contribution in [1.82, 2.24) is 5.32 Å². The molecule has 17 heavy (non-hydrogen) atoms. The predicted octanol–water partition coefficient (Wildman–Crippen LogP) is 1.47. The van der Waals surface area contributed by atoms with Crippen molar-refractivity contribution >= 4 is 5.91 Å². The molecule has 1 unspecified atom stereocenters. The Morgan fingerprint density at radius 1 is 1.41 bits per heavy atom. The van der Waals surface area contributed by atoms with Crippen molar-refractivity contribution < 1.29 is 14.6 Å². The number of carbonyl (C=O) groups excluding carboxylic acids is 1. The minimum absolute atomic E-state index is 0.130. The maximum atomic E-state index is 11.7. The van der Waals surface area contributed by atoms with Crippen molar-refractivity contribution in [3.63, 3.8) is 0 Å². The molecule has 4 nitrogen and oxygen atoms in total. The molecule has 0 heterocycles. The third-order valence-corrected chi connectivity index (χ3v) is 3.31. The van der Waals surface area contributed by atoms with E-state index in [4.69, 9.17) is 4.74 Å². The number of aliphatic hydroxyl groups is 1. The van der Waals surface area contributed by atoms with Crippen LogP contribution in [0, 0.1) is 5.92 Å². The smallest absolute Gasteiger partial charge is 0.248 e. The zero-order valence-electron chi connectivity index (χ0n) is 11.2. The zero-order chi connectivity index (χ0) is 12.9. The van der Waals surface area contributed by atoms with E-state index in [2.05, 4.69) is 19.2 Å². The van der Waals surface area contributed by atoms with Gasteiger partial charge in [0.2, 0.25) is 5.91 Å². The largest absolute Gasteiger partial charge is 0.388 e. The van der Waals surface area contributed by atoms with Gasteiger partial charge < -0.3 is 15.2 Å². The lowest BCUT2D eigenvalue weighted by Crippen LogP contribution is -2.49. The Balaban J connectivity index is 2.13. The Morgan fingerprint density at radius 3 is 2.53 bits per heavy atom. The van der Waals surface area contributed by atoms with Gasteiger partial charge in [-0.25, -0.2) is 0 Å². The Morgan fingerprint density at radius 2 is 2.06 bits per heavy atom. The highest BCUT2D eigenvalue weighted by Gasteiger charge is 2.34. The van der Waals surface area contributed by atoms with E-state index in [0.717, 1.165) is 25.7 Å². The summed E-state index contributed by atoms with van der Waals surface area (Å²) >= 11 is 0. The fourth-order valence-electron chi connectivity index (χ4n) is 1.71. The number of hydrogen-bond donors (Lipinski definition) is 2. The Kier molecular flexibility index (Phi) is 5.40. The highest BCUT2D eigenvalue weighted by molar-refractivity contribution is 5.80. The van der Waals surface area contributed by atoms with Gasteiger partial charge in [-0.05, 0) is 38.5 Å². The van der Waals surface area contributed by atoms with Crippen molar-refractivity contribution in [2.75, 3.05) is 13.2 Å². The molecule has 0 radical (unpaired) electrons. The summed E-state index contributed by atoms with van der Waals surface area (Å²) in [6.45, 7) is 6.96. The number of rotatable bonds is 7. The molecule has 1 aliphatic carbocycles. The molecule has 1 amide bonds. The van der Waals surface area contributed by atoms with Crippen molar-refractivity contribution in [3.8, 4) is 0 Å². The van der Waals surface area contributed by atoms with Gasteiger partial charge in [0.05, 0.1) is 5.60 Å². The molecule has 0 spiro atoms. The van der Waals surface area contributed by atoms with Crippen LogP contribution in [0.15, 0.2) is 0 Å². The quantitative estimate of drug-likeness (QED) is 0.712. The second-order valence-electron chi connectivity index (χ2n) is 5.49. The molecular weight excluding hydrogens is 218 g/mol. The summed E-state index contributed by atoms with van der Waals surface area (Å²) in [5.74, 6) is 0.454. The summed E-state index contributed by atoms with van der Waals surface area (Å²) < 4.78 is 5.44. The maximum Gasteiger partial charge on any atom is 0.248 e. The van der Waals surface area contributed by atoms with E-state index in [0.29, 0.717) is 19.1 Å². The average molecular weight is 243 g/mol. The van der Waals surface area contributed by atoms with Gasteiger partial charge in [0.25, 0.3) is 0 Å². The molecule has 1 rings (SSSR count). The second-order valence-corrected chi connectivity index (χ2v) is 5.49. The first kappa shape index (κ1) is 14.5. The van der Waals surface area contributed by atoms with E-state index in [9.17, 15) is 9.90 Å². The molecule has 1 fully saturated rings. The molecule has 100 valence electrons.